The highest BCUT2D eigenvalue weighted by atomic mass is 35.5. The van der Waals surface area contributed by atoms with Crippen LogP contribution in [-0.2, 0) is 0 Å². The van der Waals surface area contributed by atoms with Gasteiger partial charge >= 0.3 is 0 Å². The second-order valence-corrected chi connectivity index (χ2v) is 6.94. The molecule has 2 heterocycles. The number of rotatable bonds is 7. The molecule has 1 aliphatic rings. The van der Waals surface area contributed by atoms with Crippen molar-refractivity contribution in [2.45, 2.75) is 25.3 Å². The van der Waals surface area contributed by atoms with E-state index in [2.05, 4.69) is 10.2 Å². The van der Waals surface area contributed by atoms with Crippen LogP contribution in [0, 0.1) is 0 Å². The fourth-order valence-corrected chi connectivity index (χ4v) is 3.75. The Balaban J connectivity index is 1.73. The number of carbonyl (C=O) groups is 1. The van der Waals surface area contributed by atoms with Crippen LogP contribution >= 0.6 is 11.6 Å². The van der Waals surface area contributed by atoms with Gasteiger partial charge in [0, 0.05) is 12.1 Å². The number of ether oxygens (including phenoxy) is 2. The zero-order chi connectivity index (χ0) is 19.2. The second-order valence-electron chi connectivity index (χ2n) is 6.53. The summed E-state index contributed by atoms with van der Waals surface area (Å²) < 4.78 is 16.1. The first-order chi connectivity index (χ1) is 13.1. The van der Waals surface area contributed by atoms with Gasteiger partial charge in [-0.1, -0.05) is 18.0 Å². The fourth-order valence-electron chi connectivity index (χ4n) is 3.46. The van der Waals surface area contributed by atoms with E-state index in [4.69, 9.17) is 25.5 Å². The largest absolute Gasteiger partial charge is 0.493 e. The number of halogens is 1. The molecule has 7 heteroatoms. The van der Waals surface area contributed by atoms with E-state index in [1.54, 1.807) is 18.4 Å². The van der Waals surface area contributed by atoms with E-state index in [1.807, 2.05) is 12.1 Å². The number of methoxy groups -OCH3 is 2. The smallest absolute Gasteiger partial charge is 0.251 e. The Bertz CT molecular complexity index is 758. The fraction of sp³-hybridized carbons (Fsp3) is 0.450. The molecule has 1 saturated heterocycles. The van der Waals surface area contributed by atoms with Crippen LogP contribution < -0.4 is 14.8 Å². The molecular weight excluding hydrogens is 368 g/mol. The molecule has 1 fully saturated rings. The first-order valence-electron chi connectivity index (χ1n) is 9.11. The van der Waals surface area contributed by atoms with Crippen LogP contribution in [0.1, 0.15) is 41.4 Å². The highest BCUT2D eigenvalue weighted by Gasteiger charge is 2.25. The maximum absolute atomic E-state index is 12.7. The molecule has 1 aliphatic heterocycles. The summed E-state index contributed by atoms with van der Waals surface area (Å²) in [5.41, 5.74) is 0.425. The zero-order valence-corrected chi connectivity index (χ0v) is 16.4. The van der Waals surface area contributed by atoms with Gasteiger partial charge in [0.25, 0.3) is 5.91 Å². The number of piperidine rings is 1. The standard InChI is InChI=1S/C20H25ClN2O4/c1-25-18-12-14(11-15(21)19(18)26-2)20(24)22-13-16(17-7-6-10-27-17)23-8-4-3-5-9-23/h6-7,10-12,16H,3-5,8-9,13H2,1-2H3,(H,22,24). The van der Waals surface area contributed by atoms with Gasteiger partial charge in [0.15, 0.2) is 11.5 Å². The Morgan fingerprint density at radius 3 is 2.67 bits per heavy atom. The number of nitrogens with zero attached hydrogens (tertiary/aromatic N) is 1. The molecule has 3 rings (SSSR count). The highest BCUT2D eigenvalue weighted by Crippen LogP contribution is 2.36. The minimum absolute atomic E-state index is 0.0138. The summed E-state index contributed by atoms with van der Waals surface area (Å²) in [4.78, 5) is 15.1. The summed E-state index contributed by atoms with van der Waals surface area (Å²) in [6.07, 6.45) is 5.24. The van der Waals surface area contributed by atoms with Crippen molar-refractivity contribution in [3.63, 3.8) is 0 Å². The van der Waals surface area contributed by atoms with Crippen LogP contribution in [0.5, 0.6) is 11.5 Å². The van der Waals surface area contributed by atoms with Crippen LogP contribution in [0.2, 0.25) is 5.02 Å². The van der Waals surface area contributed by atoms with Crippen LogP contribution in [0.25, 0.3) is 0 Å². The van der Waals surface area contributed by atoms with Gasteiger partial charge in [-0.2, -0.15) is 0 Å². The van der Waals surface area contributed by atoms with Crippen molar-refractivity contribution in [1.29, 1.82) is 0 Å². The van der Waals surface area contributed by atoms with Gasteiger partial charge in [0.05, 0.1) is 31.5 Å². The van der Waals surface area contributed by atoms with Crippen molar-refractivity contribution in [1.82, 2.24) is 10.2 Å². The Kier molecular flexibility index (Phi) is 6.63. The molecule has 1 aromatic carbocycles. The Hall–Kier alpha value is -2.18. The lowest BCUT2D eigenvalue weighted by atomic mass is 10.1. The summed E-state index contributed by atoms with van der Waals surface area (Å²) >= 11 is 6.21. The third kappa shape index (κ3) is 4.57. The topological polar surface area (TPSA) is 63.9 Å². The quantitative estimate of drug-likeness (QED) is 0.774. The van der Waals surface area contributed by atoms with Crippen LogP contribution in [0.4, 0.5) is 0 Å². The molecule has 146 valence electrons. The van der Waals surface area contributed by atoms with Crippen molar-refractivity contribution in [3.8, 4) is 11.5 Å². The third-order valence-corrected chi connectivity index (χ3v) is 5.14. The number of carbonyl (C=O) groups excluding carboxylic acids is 1. The van der Waals surface area contributed by atoms with Gasteiger partial charge in [0.2, 0.25) is 0 Å². The average molecular weight is 393 g/mol. The summed E-state index contributed by atoms with van der Waals surface area (Å²) in [6, 6.07) is 7.06. The molecule has 1 unspecified atom stereocenters. The Labute approximate surface area is 164 Å². The number of benzene rings is 1. The first kappa shape index (κ1) is 19.6. The average Bonchev–Trinajstić information content (AvgIpc) is 3.22. The number of nitrogens with one attached hydrogen (secondary N) is 1. The minimum Gasteiger partial charge on any atom is -0.493 e. The summed E-state index contributed by atoms with van der Waals surface area (Å²) in [5, 5.41) is 3.34. The Morgan fingerprint density at radius 2 is 2.04 bits per heavy atom. The van der Waals surface area contributed by atoms with E-state index in [-0.39, 0.29) is 11.9 Å². The number of hydrogen-bond donors (Lipinski definition) is 1. The molecule has 1 amide bonds. The van der Waals surface area contributed by atoms with Gasteiger partial charge in [-0.15, -0.1) is 0 Å². The van der Waals surface area contributed by atoms with Crippen LogP contribution in [-0.4, -0.2) is 44.7 Å². The van der Waals surface area contributed by atoms with Gasteiger partial charge in [-0.05, 0) is 50.2 Å². The van der Waals surface area contributed by atoms with E-state index in [1.165, 1.54) is 20.6 Å². The normalized spacial score (nSPS) is 16.0. The SMILES string of the molecule is COc1cc(C(=O)NCC(c2ccco2)N2CCCCC2)cc(Cl)c1OC. The van der Waals surface area contributed by atoms with E-state index in [0.717, 1.165) is 31.7 Å². The molecule has 6 nitrogen and oxygen atoms in total. The first-order valence-corrected chi connectivity index (χ1v) is 9.49. The van der Waals surface area contributed by atoms with E-state index in [9.17, 15) is 4.79 Å². The molecule has 1 N–H and O–H groups in total. The zero-order valence-electron chi connectivity index (χ0n) is 15.7. The van der Waals surface area contributed by atoms with Gasteiger partial charge in [0.1, 0.15) is 5.76 Å². The van der Waals surface area contributed by atoms with Gasteiger partial charge in [-0.3, -0.25) is 9.69 Å². The summed E-state index contributed by atoms with van der Waals surface area (Å²) in [6.45, 7) is 2.46. The summed E-state index contributed by atoms with van der Waals surface area (Å²) in [5.74, 6) is 1.49. The lowest BCUT2D eigenvalue weighted by Crippen LogP contribution is -2.40. The molecule has 1 aromatic heterocycles. The summed E-state index contributed by atoms with van der Waals surface area (Å²) in [7, 11) is 3.02. The van der Waals surface area contributed by atoms with Gasteiger partial charge in [-0.25, -0.2) is 0 Å². The maximum Gasteiger partial charge on any atom is 0.251 e. The van der Waals surface area contributed by atoms with Crippen molar-refractivity contribution in [2.75, 3.05) is 33.9 Å². The third-order valence-electron chi connectivity index (χ3n) is 4.85. The van der Waals surface area contributed by atoms with Crippen molar-refractivity contribution in [2.24, 2.45) is 0 Å². The molecule has 27 heavy (non-hydrogen) atoms. The minimum atomic E-state index is -0.216. The van der Waals surface area contributed by atoms with E-state index in [0.29, 0.717) is 28.6 Å². The van der Waals surface area contributed by atoms with Crippen molar-refractivity contribution >= 4 is 17.5 Å². The molecule has 0 aliphatic carbocycles. The van der Waals surface area contributed by atoms with E-state index < -0.39 is 0 Å². The monoisotopic (exact) mass is 392 g/mol. The second kappa shape index (κ2) is 9.15. The maximum atomic E-state index is 12.7. The highest BCUT2D eigenvalue weighted by molar-refractivity contribution is 6.32. The van der Waals surface area contributed by atoms with Crippen LogP contribution in [0.15, 0.2) is 34.9 Å². The van der Waals surface area contributed by atoms with Crippen LogP contribution in [0.3, 0.4) is 0 Å². The number of likely N-dealkylation sites (tertiary alicyclic amines) is 1. The predicted molar refractivity (Wildman–Crippen MR) is 104 cm³/mol. The Morgan fingerprint density at radius 1 is 1.26 bits per heavy atom. The molecule has 0 bridgehead atoms. The lowest BCUT2D eigenvalue weighted by Gasteiger charge is -2.33. The predicted octanol–water partition coefficient (Wildman–Crippen LogP) is 3.91. The van der Waals surface area contributed by atoms with Crippen molar-refractivity contribution < 1.29 is 18.7 Å². The number of furan rings is 1. The molecule has 0 radical (unpaired) electrons. The molecule has 0 saturated carbocycles. The molecule has 1 atom stereocenters. The lowest BCUT2D eigenvalue weighted by molar-refractivity contribution is 0.0913. The number of hydrogen-bond acceptors (Lipinski definition) is 5. The molecule has 2 aromatic rings. The number of amides is 1. The molecule has 0 spiro atoms. The van der Waals surface area contributed by atoms with Crippen molar-refractivity contribution in [3.05, 3.63) is 46.9 Å². The molecular formula is C20H25ClN2O4. The van der Waals surface area contributed by atoms with E-state index >= 15 is 0 Å². The van der Waals surface area contributed by atoms with Gasteiger partial charge < -0.3 is 19.2 Å².